The third kappa shape index (κ3) is 2.23. The molecule has 1 aliphatic rings. The summed E-state index contributed by atoms with van der Waals surface area (Å²) in [4.78, 5) is 0. The molecule has 0 aromatic carbocycles. The summed E-state index contributed by atoms with van der Waals surface area (Å²) in [5, 5.41) is 27.6. The molecule has 0 amide bonds. The maximum Gasteiger partial charge on any atom is 0.228 e. The summed E-state index contributed by atoms with van der Waals surface area (Å²) in [6.45, 7) is -0.0571. The lowest BCUT2D eigenvalue weighted by Crippen LogP contribution is -2.35. The van der Waals surface area contributed by atoms with E-state index in [9.17, 15) is 10.2 Å². The fourth-order valence-electron chi connectivity index (χ4n) is 1.24. The van der Waals surface area contributed by atoms with E-state index in [1.165, 1.54) is 13.2 Å². The summed E-state index contributed by atoms with van der Waals surface area (Å²) in [7, 11) is 1.32. The average Bonchev–Trinajstić information content (AvgIpc) is 2.20. The lowest BCUT2D eigenvalue weighted by molar-refractivity contribution is -0.175. The zero-order chi connectivity index (χ0) is 10.6. The minimum atomic E-state index is -1.64. The molecule has 1 unspecified atom stereocenters. The van der Waals surface area contributed by atoms with Gasteiger partial charge in [0.25, 0.3) is 0 Å². The van der Waals surface area contributed by atoms with E-state index in [-0.39, 0.29) is 18.8 Å². The molecule has 3 N–H and O–H groups in total. The molecular formula is C10H14O4. The first kappa shape index (κ1) is 11.0. The van der Waals surface area contributed by atoms with Gasteiger partial charge in [0.05, 0.1) is 6.61 Å². The SMILES string of the molecule is COC1(O)CC(/C=C/CO)=CC=C1O. The normalized spacial score (nSPS) is 27.6. The zero-order valence-electron chi connectivity index (χ0n) is 7.97. The highest BCUT2D eigenvalue weighted by Crippen LogP contribution is 2.28. The van der Waals surface area contributed by atoms with Crippen molar-refractivity contribution in [3.63, 3.8) is 0 Å². The predicted molar refractivity (Wildman–Crippen MR) is 51.6 cm³/mol. The molecule has 0 heterocycles. The molecule has 0 aromatic rings. The van der Waals surface area contributed by atoms with Crippen LogP contribution in [0.5, 0.6) is 0 Å². The molecular weight excluding hydrogens is 184 g/mol. The monoisotopic (exact) mass is 198 g/mol. The van der Waals surface area contributed by atoms with Crippen LogP contribution in [0.2, 0.25) is 0 Å². The van der Waals surface area contributed by atoms with Gasteiger partial charge in [-0.15, -0.1) is 0 Å². The number of hydrogen-bond acceptors (Lipinski definition) is 4. The van der Waals surface area contributed by atoms with E-state index in [0.717, 1.165) is 5.57 Å². The summed E-state index contributed by atoms with van der Waals surface area (Å²) in [6.07, 6.45) is 6.44. The van der Waals surface area contributed by atoms with Gasteiger partial charge in [0, 0.05) is 13.5 Å². The van der Waals surface area contributed by atoms with Crippen molar-refractivity contribution in [3.05, 3.63) is 35.6 Å². The molecule has 0 fully saturated rings. The van der Waals surface area contributed by atoms with Crippen LogP contribution in [0.25, 0.3) is 0 Å². The van der Waals surface area contributed by atoms with Gasteiger partial charge in [0.15, 0.2) is 5.76 Å². The van der Waals surface area contributed by atoms with Crippen LogP contribution in [-0.4, -0.2) is 34.8 Å². The first-order chi connectivity index (χ1) is 6.62. The molecule has 14 heavy (non-hydrogen) atoms. The number of allylic oxidation sites excluding steroid dienone is 3. The van der Waals surface area contributed by atoms with Crippen LogP contribution in [-0.2, 0) is 4.74 Å². The van der Waals surface area contributed by atoms with Gasteiger partial charge in [-0.25, -0.2) is 0 Å². The Bertz CT molecular complexity index is 290. The molecule has 1 rings (SSSR count). The smallest absolute Gasteiger partial charge is 0.228 e. The number of hydrogen-bond donors (Lipinski definition) is 3. The van der Waals surface area contributed by atoms with Crippen LogP contribution in [0.15, 0.2) is 35.6 Å². The second-order valence-corrected chi connectivity index (χ2v) is 3.04. The number of methoxy groups -OCH3 is 1. The molecule has 0 aromatic heterocycles. The van der Waals surface area contributed by atoms with E-state index in [0.29, 0.717) is 0 Å². The molecule has 0 radical (unpaired) electrons. The lowest BCUT2D eigenvalue weighted by atomic mass is 9.97. The third-order valence-corrected chi connectivity index (χ3v) is 2.07. The second-order valence-electron chi connectivity index (χ2n) is 3.04. The molecule has 0 saturated carbocycles. The summed E-state index contributed by atoms with van der Waals surface area (Å²) in [5.74, 6) is -1.84. The standard InChI is InChI=1S/C10H14O4/c1-14-10(13)7-8(3-2-6-11)4-5-9(10)12/h2-5,11-13H,6-7H2,1H3/b3-2+. The van der Waals surface area contributed by atoms with Crippen LogP contribution >= 0.6 is 0 Å². The predicted octanol–water partition coefficient (Wildman–Crippen LogP) is 0.642. The molecule has 78 valence electrons. The molecule has 4 nitrogen and oxygen atoms in total. The Labute approximate surface area is 82.4 Å². The molecule has 4 heteroatoms. The Morgan fingerprint density at radius 3 is 2.86 bits per heavy atom. The van der Waals surface area contributed by atoms with Crippen molar-refractivity contribution in [1.29, 1.82) is 0 Å². The van der Waals surface area contributed by atoms with Gasteiger partial charge in [0.1, 0.15) is 0 Å². The van der Waals surface area contributed by atoms with E-state index in [2.05, 4.69) is 0 Å². The Balaban J connectivity index is 2.81. The van der Waals surface area contributed by atoms with Crippen molar-refractivity contribution in [2.75, 3.05) is 13.7 Å². The van der Waals surface area contributed by atoms with Gasteiger partial charge >= 0.3 is 0 Å². The average molecular weight is 198 g/mol. The highest BCUT2D eigenvalue weighted by Gasteiger charge is 2.34. The van der Waals surface area contributed by atoms with Crippen LogP contribution in [0.3, 0.4) is 0 Å². The molecule has 0 aliphatic heterocycles. The van der Waals surface area contributed by atoms with E-state index in [1.54, 1.807) is 18.2 Å². The van der Waals surface area contributed by atoms with Crippen LogP contribution < -0.4 is 0 Å². The number of rotatable bonds is 3. The molecule has 0 bridgehead atoms. The fraction of sp³-hybridized carbons (Fsp3) is 0.400. The first-order valence-corrected chi connectivity index (χ1v) is 4.27. The highest BCUT2D eigenvalue weighted by molar-refractivity contribution is 5.33. The van der Waals surface area contributed by atoms with Gasteiger partial charge in [-0.1, -0.05) is 18.2 Å². The van der Waals surface area contributed by atoms with Crippen LogP contribution in [0.4, 0.5) is 0 Å². The minimum absolute atomic E-state index is 0.0571. The molecule has 0 spiro atoms. The van der Waals surface area contributed by atoms with Gasteiger partial charge < -0.3 is 20.1 Å². The Hall–Kier alpha value is -1.10. The maximum absolute atomic E-state index is 9.74. The van der Waals surface area contributed by atoms with Crippen molar-refractivity contribution < 1.29 is 20.1 Å². The van der Waals surface area contributed by atoms with Crippen LogP contribution in [0, 0.1) is 0 Å². The van der Waals surface area contributed by atoms with Crippen molar-refractivity contribution in [2.45, 2.75) is 12.2 Å². The van der Waals surface area contributed by atoms with E-state index in [1.807, 2.05) is 0 Å². The second kappa shape index (κ2) is 4.41. The third-order valence-electron chi connectivity index (χ3n) is 2.07. The van der Waals surface area contributed by atoms with E-state index in [4.69, 9.17) is 9.84 Å². The van der Waals surface area contributed by atoms with Crippen molar-refractivity contribution in [3.8, 4) is 0 Å². The van der Waals surface area contributed by atoms with Gasteiger partial charge in [-0.3, -0.25) is 0 Å². The van der Waals surface area contributed by atoms with E-state index < -0.39 is 5.79 Å². The number of ether oxygens (including phenoxy) is 1. The summed E-state index contributed by atoms with van der Waals surface area (Å²) in [6, 6.07) is 0. The minimum Gasteiger partial charge on any atom is -0.507 e. The maximum atomic E-state index is 9.74. The summed E-state index contributed by atoms with van der Waals surface area (Å²) in [5.41, 5.74) is 0.779. The molecule has 1 atom stereocenters. The van der Waals surface area contributed by atoms with Crippen molar-refractivity contribution >= 4 is 0 Å². The molecule has 0 saturated heterocycles. The van der Waals surface area contributed by atoms with Gasteiger partial charge in [-0.05, 0) is 11.6 Å². The number of aliphatic hydroxyl groups excluding tert-OH is 2. The first-order valence-electron chi connectivity index (χ1n) is 4.27. The lowest BCUT2D eigenvalue weighted by Gasteiger charge is -2.28. The zero-order valence-corrected chi connectivity index (χ0v) is 7.97. The van der Waals surface area contributed by atoms with Gasteiger partial charge in [0.2, 0.25) is 5.79 Å². The summed E-state index contributed by atoms with van der Waals surface area (Å²) < 4.78 is 4.80. The van der Waals surface area contributed by atoms with Gasteiger partial charge in [-0.2, -0.15) is 0 Å². The molecule has 1 aliphatic carbocycles. The van der Waals surface area contributed by atoms with Crippen molar-refractivity contribution in [1.82, 2.24) is 0 Å². The van der Waals surface area contributed by atoms with Crippen LogP contribution in [0.1, 0.15) is 6.42 Å². The number of aliphatic hydroxyl groups is 3. The highest BCUT2D eigenvalue weighted by atomic mass is 16.6. The quantitative estimate of drug-likeness (QED) is 0.582. The van der Waals surface area contributed by atoms with E-state index >= 15 is 0 Å². The van der Waals surface area contributed by atoms with Crippen molar-refractivity contribution in [2.24, 2.45) is 0 Å². The Kier molecular flexibility index (Phi) is 3.46. The Morgan fingerprint density at radius 1 is 1.57 bits per heavy atom. The topological polar surface area (TPSA) is 69.9 Å². The summed E-state index contributed by atoms with van der Waals surface area (Å²) >= 11 is 0. The largest absolute Gasteiger partial charge is 0.507 e. The fourth-order valence-corrected chi connectivity index (χ4v) is 1.24. The Morgan fingerprint density at radius 2 is 2.29 bits per heavy atom.